The minimum Gasteiger partial charge on any atom is -0.271 e. The van der Waals surface area contributed by atoms with Gasteiger partial charge in [0.05, 0.1) is 0 Å². The minimum absolute atomic E-state index is 0.357. The topological polar surface area (TPSA) is 38.0 Å². The average Bonchev–Trinajstić information content (AvgIpc) is 2.36. The van der Waals surface area contributed by atoms with Crippen molar-refractivity contribution >= 4 is 11.8 Å². The van der Waals surface area contributed by atoms with Gasteiger partial charge in [-0.3, -0.25) is 11.3 Å². The molecular formula is C14H24N2S. The summed E-state index contributed by atoms with van der Waals surface area (Å²) in [7, 11) is 0. The van der Waals surface area contributed by atoms with Crippen molar-refractivity contribution in [3.05, 3.63) is 35.4 Å². The van der Waals surface area contributed by atoms with Crippen LogP contribution < -0.4 is 11.3 Å². The van der Waals surface area contributed by atoms with Crippen molar-refractivity contribution in [2.24, 2.45) is 5.84 Å². The number of nitrogens with two attached hydrogens (primary N) is 1. The van der Waals surface area contributed by atoms with Crippen molar-refractivity contribution in [3.8, 4) is 0 Å². The molecule has 3 heteroatoms. The molecule has 96 valence electrons. The lowest BCUT2D eigenvalue weighted by atomic mass is 10.0. The number of aryl methyl sites for hydroxylation is 1. The zero-order chi connectivity index (χ0) is 12.7. The molecule has 0 aliphatic rings. The Morgan fingerprint density at radius 3 is 2.65 bits per heavy atom. The van der Waals surface area contributed by atoms with Gasteiger partial charge in [0, 0.05) is 17.0 Å². The van der Waals surface area contributed by atoms with E-state index in [0.29, 0.717) is 11.3 Å². The number of thioether (sulfide) groups is 1. The largest absolute Gasteiger partial charge is 0.271 e. The van der Waals surface area contributed by atoms with E-state index in [1.807, 2.05) is 11.8 Å². The minimum atomic E-state index is 0.357. The van der Waals surface area contributed by atoms with Crippen LogP contribution in [0.5, 0.6) is 0 Å². The molecule has 0 amide bonds. The van der Waals surface area contributed by atoms with E-state index in [9.17, 15) is 0 Å². The molecule has 0 saturated heterocycles. The van der Waals surface area contributed by atoms with Crippen LogP contribution in [0.4, 0.5) is 0 Å². The van der Waals surface area contributed by atoms with Crippen LogP contribution in [0.2, 0.25) is 0 Å². The van der Waals surface area contributed by atoms with Gasteiger partial charge in [-0.1, -0.05) is 38.1 Å². The van der Waals surface area contributed by atoms with E-state index < -0.39 is 0 Å². The van der Waals surface area contributed by atoms with Crippen molar-refractivity contribution in [2.45, 2.75) is 44.9 Å². The first-order valence-electron chi connectivity index (χ1n) is 6.29. The molecule has 17 heavy (non-hydrogen) atoms. The number of rotatable bonds is 7. The molecule has 2 nitrogen and oxygen atoms in total. The zero-order valence-corrected chi connectivity index (χ0v) is 11.9. The van der Waals surface area contributed by atoms with E-state index in [-0.39, 0.29) is 0 Å². The summed E-state index contributed by atoms with van der Waals surface area (Å²) in [5.41, 5.74) is 5.67. The molecule has 2 atom stereocenters. The fourth-order valence-corrected chi connectivity index (χ4v) is 2.68. The Labute approximate surface area is 109 Å². The molecule has 0 radical (unpaired) electrons. The van der Waals surface area contributed by atoms with Gasteiger partial charge in [-0.05, 0) is 30.9 Å². The molecular weight excluding hydrogens is 228 g/mol. The summed E-state index contributed by atoms with van der Waals surface area (Å²) in [6.07, 6.45) is 2.22. The summed E-state index contributed by atoms with van der Waals surface area (Å²) >= 11 is 1.99. The lowest BCUT2D eigenvalue weighted by Crippen LogP contribution is -2.39. The summed E-state index contributed by atoms with van der Waals surface area (Å²) in [4.78, 5) is 0. The van der Waals surface area contributed by atoms with Crippen LogP contribution in [0.25, 0.3) is 0 Å². The Morgan fingerprint density at radius 1 is 1.35 bits per heavy atom. The van der Waals surface area contributed by atoms with Crippen molar-refractivity contribution in [1.29, 1.82) is 0 Å². The van der Waals surface area contributed by atoms with Crippen molar-refractivity contribution in [1.82, 2.24) is 5.43 Å². The lowest BCUT2D eigenvalue weighted by Gasteiger charge is -2.18. The predicted molar refractivity (Wildman–Crippen MR) is 78.2 cm³/mol. The van der Waals surface area contributed by atoms with E-state index in [1.165, 1.54) is 17.5 Å². The van der Waals surface area contributed by atoms with Gasteiger partial charge in [0.1, 0.15) is 0 Å². The highest BCUT2D eigenvalue weighted by Gasteiger charge is 2.11. The Bertz CT molecular complexity index is 328. The third kappa shape index (κ3) is 5.11. The Balaban J connectivity index is 2.49. The highest BCUT2D eigenvalue weighted by atomic mass is 32.2. The van der Waals surface area contributed by atoms with Gasteiger partial charge in [0.15, 0.2) is 0 Å². The monoisotopic (exact) mass is 252 g/mol. The van der Waals surface area contributed by atoms with Gasteiger partial charge in [-0.25, -0.2) is 0 Å². The molecule has 1 rings (SSSR count). The number of hydrogen-bond acceptors (Lipinski definition) is 3. The Kier molecular flexibility index (Phi) is 6.63. The number of hydrogen-bond donors (Lipinski definition) is 2. The van der Waals surface area contributed by atoms with E-state index >= 15 is 0 Å². The number of benzene rings is 1. The molecule has 0 aromatic heterocycles. The lowest BCUT2D eigenvalue weighted by molar-refractivity contribution is 0.573. The second-order valence-electron chi connectivity index (χ2n) is 4.55. The van der Waals surface area contributed by atoms with Crippen LogP contribution in [-0.4, -0.2) is 17.0 Å². The zero-order valence-electron chi connectivity index (χ0n) is 11.1. The van der Waals surface area contributed by atoms with Gasteiger partial charge in [0.2, 0.25) is 0 Å². The van der Waals surface area contributed by atoms with Crippen LogP contribution in [0.15, 0.2) is 24.3 Å². The van der Waals surface area contributed by atoms with Gasteiger partial charge in [-0.15, -0.1) is 0 Å². The van der Waals surface area contributed by atoms with Gasteiger partial charge >= 0.3 is 0 Å². The van der Waals surface area contributed by atoms with Crippen LogP contribution >= 0.6 is 11.8 Å². The van der Waals surface area contributed by atoms with E-state index in [0.717, 1.165) is 12.2 Å². The Hall–Kier alpha value is -0.510. The third-order valence-corrected chi connectivity index (χ3v) is 4.62. The third-order valence-electron chi connectivity index (χ3n) is 3.12. The molecule has 0 fully saturated rings. The summed E-state index contributed by atoms with van der Waals surface area (Å²) in [6.45, 7) is 6.65. The predicted octanol–water partition coefficient (Wildman–Crippen LogP) is 2.90. The van der Waals surface area contributed by atoms with Gasteiger partial charge in [-0.2, -0.15) is 11.8 Å². The molecule has 0 bridgehead atoms. The van der Waals surface area contributed by atoms with Crippen molar-refractivity contribution < 1.29 is 0 Å². The normalized spacial score (nSPS) is 14.6. The molecule has 0 aliphatic carbocycles. The highest BCUT2D eigenvalue weighted by molar-refractivity contribution is 7.99. The highest BCUT2D eigenvalue weighted by Crippen LogP contribution is 2.17. The molecule has 1 aromatic carbocycles. The first kappa shape index (κ1) is 14.6. The van der Waals surface area contributed by atoms with Crippen LogP contribution in [0.3, 0.4) is 0 Å². The second-order valence-corrected chi connectivity index (χ2v) is 6.02. The average molecular weight is 252 g/mol. The summed E-state index contributed by atoms with van der Waals surface area (Å²) < 4.78 is 0. The maximum absolute atomic E-state index is 5.64. The smallest absolute Gasteiger partial charge is 0.0341 e. The van der Waals surface area contributed by atoms with Crippen LogP contribution in [-0.2, 0) is 6.42 Å². The fraction of sp³-hybridized carbons (Fsp3) is 0.571. The summed E-state index contributed by atoms with van der Waals surface area (Å²) in [5.74, 6) is 6.70. The van der Waals surface area contributed by atoms with Crippen LogP contribution in [0, 0.1) is 6.92 Å². The SMILES string of the molecule is CCC(C)SCC(Cc1ccccc1C)NN. The Morgan fingerprint density at radius 2 is 2.06 bits per heavy atom. The van der Waals surface area contributed by atoms with Gasteiger partial charge in [0.25, 0.3) is 0 Å². The standard InChI is InChI=1S/C14H24N2S/c1-4-12(3)17-10-14(16-15)9-13-8-6-5-7-11(13)2/h5-8,12,14,16H,4,9-10,15H2,1-3H3. The molecule has 2 unspecified atom stereocenters. The van der Waals surface area contributed by atoms with Gasteiger partial charge < -0.3 is 0 Å². The van der Waals surface area contributed by atoms with Crippen molar-refractivity contribution in [2.75, 3.05) is 5.75 Å². The molecule has 0 saturated carbocycles. The number of nitrogens with one attached hydrogen (secondary N) is 1. The number of hydrazine groups is 1. The fourth-order valence-electron chi connectivity index (χ4n) is 1.67. The van der Waals surface area contributed by atoms with E-state index in [1.54, 1.807) is 0 Å². The molecule has 0 heterocycles. The van der Waals surface area contributed by atoms with Crippen LogP contribution in [0.1, 0.15) is 31.4 Å². The van der Waals surface area contributed by atoms with E-state index in [2.05, 4.69) is 50.5 Å². The van der Waals surface area contributed by atoms with E-state index in [4.69, 9.17) is 5.84 Å². The van der Waals surface area contributed by atoms with Crippen molar-refractivity contribution in [3.63, 3.8) is 0 Å². The first-order valence-corrected chi connectivity index (χ1v) is 7.34. The molecule has 3 N–H and O–H groups in total. The maximum Gasteiger partial charge on any atom is 0.0341 e. The molecule has 0 aliphatic heterocycles. The second kappa shape index (κ2) is 7.75. The maximum atomic E-state index is 5.64. The quantitative estimate of drug-likeness (QED) is 0.579. The first-order chi connectivity index (χ1) is 8.17. The molecule has 1 aromatic rings. The summed E-state index contributed by atoms with van der Waals surface area (Å²) in [5, 5.41) is 0.711. The summed E-state index contributed by atoms with van der Waals surface area (Å²) in [6, 6.07) is 8.88. The molecule has 0 spiro atoms.